The molecular formula is C11H13N3O3S. The summed E-state index contributed by atoms with van der Waals surface area (Å²) in [5.74, 6) is -0.419. The van der Waals surface area contributed by atoms with Crippen LogP contribution in [0.3, 0.4) is 0 Å². The second-order valence-corrected chi connectivity index (χ2v) is 5.44. The fourth-order valence-corrected chi connectivity index (χ4v) is 1.95. The molecule has 0 heterocycles. The minimum absolute atomic E-state index is 0.0786. The molecule has 1 aromatic carbocycles. The van der Waals surface area contributed by atoms with Crippen LogP contribution in [-0.4, -0.2) is 27.4 Å². The van der Waals surface area contributed by atoms with E-state index in [1.165, 1.54) is 31.3 Å². The van der Waals surface area contributed by atoms with E-state index in [9.17, 15) is 13.2 Å². The topological polar surface area (TPSA) is 99.1 Å². The van der Waals surface area contributed by atoms with E-state index >= 15 is 0 Å². The monoisotopic (exact) mass is 267 g/mol. The molecule has 1 aromatic rings. The van der Waals surface area contributed by atoms with Gasteiger partial charge in [0.25, 0.3) is 5.91 Å². The second kappa shape index (κ2) is 5.62. The largest absolute Gasteiger partial charge is 0.337 e. The van der Waals surface area contributed by atoms with Gasteiger partial charge in [-0.2, -0.15) is 5.26 Å². The maximum absolute atomic E-state index is 11.6. The third-order valence-corrected chi connectivity index (χ3v) is 3.67. The van der Waals surface area contributed by atoms with E-state index in [-0.39, 0.29) is 4.90 Å². The van der Waals surface area contributed by atoms with E-state index in [1.54, 1.807) is 6.92 Å². The summed E-state index contributed by atoms with van der Waals surface area (Å²) in [5.41, 5.74) is 0.298. The molecule has 0 aliphatic heterocycles. The Hall–Kier alpha value is -1.91. The Kier molecular flexibility index (Phi) is 4.42. The lowest BCUT2D eigenvalue weighted by molar-refractivity contribution is 0.0947. The molecule has 0 aromatic heterocycles. The van der Waals surface area contributed by atoms with E-state index in [1.807, 2.05) is 6.07 Å². The second-order valence-electron chi connectivity index (χ2n) is 3.56. The van der Waals surface area contributed by atoms with Gasteiger partial charge in [-0.05, 0) is 38.2 Å². The van der Waals surface area contributed by atoms with Gasteiger partial charge in [-0.15, -0.1) is 0 Å². The molecule has 7 heteroatoms. The summed E-state index contributed by atoms with van der Waals surface area (Å²) in [6.45, 7) is 1.55. The number of carbonyl (C=O) groups excluding carboxylic acids is 1. The van der Waals surface area contributed by atoms with Crippen molar-refractivity contribution in [2.75, 3.05) is 7.05 Å². The highest BCUT2D eigenvalue weighted by Crippen LogP contribution is 2.10. The molecule has 0 radical (unpaired) electrons. The number of carbonyl (C=O) groups is 1. The third kappa shape index (κ3) is 3.29. The molecule has 0 bridgehead atoms. The summed E-state index contributed by atoms with van der Waals surface area (Å²) < 4.78 is 25.1. The minimum atomic E-state index is -3.50. The lowest BCUT2D eigenvalue weighted by atomic mass is 10.2. The van der Waals surface area contributed by atoms with Crippen molar-refractivity contribution in [3.05, 3.63) is 29.8 Å². The van der Waals surface area contributed by atoms with Crippen LogP contribution in [0.2, 0.25) is 0 Å². The number of amides is 1. The maximum atomic E-state index is 11.6. The van der Waals surface area contributed by atoms with E-state index in [0.717, 1.165) is 0 Å². The van der Waals surface area contributed by atoms with Crippen LogP contribution in [0.25, 0.3) is 0 Å². The molecule has 0 fully saturated rings. The summed E-state index contributed by atoms with van der Waals surface area (Å²) >= 11 is 0. The van der Waals surface area contributed by atoms with E-state index in [4.69, 9.17) is 5.26 Å². The Labute approximate surface area is 106 Å². The molecule has 0 aliphatic carbocycles. The van der Waals surface area contributed by atoms with Gasteiger partial charge in [-0.3, -0.25) is 4.79 Å². The first-order chi connectivity index (χ1) is 8.40. The van der Waals surface area contributed by atoms with Gasteiger partial charge in [0.05, 0.1) is 11.0 Å². The van der Waals surface area contributed by atoms with Crippen molar-refractivity contribution >= 4 is 15.9 Å². The summed E-state index contributed by atoms with van der Waals surface area (Å²) in [4.78, 5) is 11.7. The van der Waals surface area contributed by atoms with Gasteiger partial charge in [0.15, 0.2) is 0 Å². The highest BCUT2D eigenvalue weighted by molar-refractivity contribution is 7.89. The van der Waals surface area contributed by atoms with Gasteiger partial charge in [0, 0.05) is 5.56 Å². The van der Waals surface area contributed by atoms with Gasteiger partial charge in [0.1, 0.15) is 6.04 Å². The Bertz CT molecular complexity index is 573. The van der Waals surface area contributed by atoms with E-state index in [2.05, 4.69) is 10.0 Å². The molecular weight excluding hydrogens is 254 g/mol. The fourth-order valence-electron chi connectivity index (χ4n) is 1.22. The molecule has 18 heavy (non-hydrogen) atoms. The molecule has 0 unspecified atom stereocenters. The predicted molar refractivity (Wildman–Crippen MR) is 65.2 cm³/mol. The number of rotatable bonds is 4. The van der Waals surface area contributed by atoms with Crippen LogP contribution in [0.4, 0.5) is 0 Å². The predicted octanol–water partition coefficient (Wildman–Crippen LogP) is 0.237. The molecule has 2 N–H and O–H groups in total. The average Bonchev–Trinajstić information content (AvgIpc) is 2.38. The standard InChI is InChI=1S/C11H13N3O3S/c1-8(7-12)14-11(15)9-3-5-10(6-4-9)18(16,17)13-2/h3-6,8,13H,1-2H3,(H,14,15)/t8-/m0/s1. The fraction of sp³-hybridized carbons (Fsp3) is 0.273. The summed E-state index contributed by atoms with van der Waals surface area (Å²) in [6.07, 6.45) is 0. The lowest BCUT2D eigenvalue weighted by Crippen LogP contribution is -2.31. The van der Waals surface area contributed by atoms with Gasteiger partial charge in [-0.25, -0.2) is 13.1 Å². The quantitative estimate of drug-likeness (QED) is 0.816. The molecule has 0 aliphatic rings. The summed E-state index contributed by atoms with van der Waals surface area (Å²) in [6, 6.07) is 6.72. The molecule has 6 nitrogen and oxygen atoms in total. The number of sulfonamides is 1. The normalized spacial score (nSPS) is 12.5. The van der Waals surface area contributed by atoms with Crippen molar-refractivity contribution in [3.63, 3.8) is 0 Å². The average molecular weight is 267 g/mol. The van der Waals surface area contributed by atoms with E-state index < -0.39 is 22.0 Å². The zero-order chi connectivity index (χ0) is 13.8. The van der Waals surface area contributed by atoms with Gasteiger partial charge in [-0.1, -0.05) is 0 Å². The third-order valence-electron chi connectivity index (χ3n) is 2.24. The van der Waals surface area contributed by atoms with Crippen molar-refractivity contribution < 1.29 is 13.2 Å². The first kappa shape index (κ1) is 14.2. The molecule has 0 saturated carbocycles. The molecule has 96 valence electrons. The Morgan fingerprint density at radius 3 is 2.33 bits per heavy atom. The van der Waals surface area contributed by atoms with Crippen molar-refractivity contribution in [2.45, 2.75) is 17.9 Å². The van der Waals surface area contributed by atoms with Crippen LogP contribution >= 0.6 is 0 Å². The van der Waals surface area contributed by atoms with Gasteiger partial charge >= 0.3 is 0 Å². The number of hydrogen-bond donors (Lipinski definition) is 2. The Morgan fingerprint density at radius 1 is 1.33 bits per heavy atom. The van der Waals surface area contributed by atoms with Crippen LogP contribution in [0.1, 0.15) is 17.3 Å². The molecule has 0 saturated heterocycles. The van der Waals surface area contributed by atoms with Gasteiger partial charge in [0.2, 0.25) is 10.0 Å². The van der Waals surface area contributed by atoms with Crippen LogP contribution in [0, 0.1) is 11.3 Å². The number of hydrogen-bond acceptors (Lipinski definition) is 4. The molecule has 1 amide bonds. The highest BCUT2D eigenvalue weighted by Gasteiger charge is 2.13. The Morgan fingerprint density at radius 2 is 1.89 bits per heavy atom. The zero-order valence-corrected chi connectivity index (χ0v) is 10.8. The van der Waals surface area contributed by atoms with Crippen molar-refractivity contribution in [1.82, 2.24) is 10.0 Å². The van der Waals surface area contributed by atoms with Gasteiger partial charge < -0.3 is 5.32 Å². The van der Waals surface area contributed by atoms with Crippen LogP contribution in [0.15, 0.2) is 29.2 Å². The molecule has 1 atom stereocenters. The van der Waals surface area contributed by atoms with Crippen molar-refractivity contribution in [3.8, 4) is 6.07 Å². The first-order valence-corrected chi connectivity index (χ1v) is 6.63. The number of nitriles is 1. The highest BCUT2D eigenvalue weighted by atomic mass is 32.2. The van der Waals surface area contributed by atoms with Crippen LogP contribution in [0.5, 0.6) is 0 Å². The Balaban J connectivity index is 2.91. The summed E-state index contributed by atoms with van der Waals surface area (Å²) in [5, 5.41) is 11.0. The lowest BCUT2D eigenvalue weighted by Gasteiger charge is -2.07. The molecule has 0 spiro atoms. The van der Waals surface area contributed by atoms with Crippen molar-refractivity contribution in [2.24, 2.45) is 0 Å². The SMILES string of the molecule is CNS(=O)(=O)c1ccc(C(=O)N[C@@H](C)C#N)cc1. The number of benzene rings is 1. The molecule has 1 rings (SSSR count). The van der Waals surface area contributed by atoms with Crippen molar-refractivity contribution in [1.29, 1.82) is 5.26 Å². The van der Waals surface area contributed by atoms with Crippen LogP contribution in [-0.2, 0) is 10.0 Å². The number of nitrogens with one attached hydrogen (secondary N) is 2. The smallest absolute Gasteiger partial charge is 0.252 e. The van der Waals surface area contributed by atoms with E-state index in [0.29, 0.717) is 5.56 Å². The minimum Gasteiger partial charge on any atom is -0.337 e. The van der Waals surface area contributed by atoms with Crippen LogP contribution < -0.4 is 10.0 Å². The summed E-state index contributed by atoms with van der Waals surface area (Å²) in [7, 11) is -2.19. The maximum Gasteiger partial charge on any atom is 0.252 e. The number of nitrogens with zero attached hydrogens (tertiary/aromatic N) is 1. The first-order valence-electron chi connectivity index (χ1n) is 5.15. The zero-order valence-electron chi connectivity index (χ0n) is 9.97.